The van der Waals surface area contributed by atoms with Crippen molar-refractivity contribution in [1.82, 2.24) is 5.32 Å². The van der Waals surface area contributed by atoms with Crippen molar-refractivity contribution in [2.24, 2.45) is 5.92 Å². The van der Waals surface area contributed by atoms with E-state index in [9.17, 15) is 0 Å². The van der Waals surface area contributed by atoms with E-state index in [1.807, 2.05) is 0 Å². The molecule has 0 radical (unpaired) electrons. The Bertz CT molecular complexity index is 411. The Labute approximate surface area is 110 Å². The number of aryl methyl sites for hydroxylation is 1. The van der Waals surface area contributed by atoms with Crippen LogP contribution in [-0.2, 0) is 6.42 Å². The fourth-order valence-corrected chi connectivity index (χ4v) is 2.73. The van der Waals surface area contributed by atoms with Gasteiger partial charge in [-0.15, -0.1) is 0 Å². The van der Waals surface area contributed by atoms with Crippen LogP contribution in [0.1, 0.15) is 36.8 Å². The predicted molar refractivity (Wildman–Crippen MR) is 74.2 cm³/mol. The molecule has 1 N–H and O–H groups in total. The molecule has 0 amide bonds. The molecule has 18 heavy (non-hydrogen) atoms. The SMILES string of the molecule is Cc1ccccc1CCNC1CCC(C#N)CC1. The summed E-state index contributed by atoms with van der Waals surface area (Å²) in [6.07, 6.45) is 5.56. The highest BCUT2D eigenvalue weighted by Gasteiger charge is 2.19. The van der Waals surface area contributed by atoms with Crippen molar-refractivity contribution >= 4 is 0 Å². The molecule has 1 aliphatic rings. The van der Waals surface area contributed by atoms with E-state index >= 15 is 0 Å². The van der Waals surface area contributed by atoms with E-state index in [0.29, 0.717) is 12.0 Å². The number of benzene rings is 1. The van der Waals surface area contributed by atoms with Crippen LogP contribution in [0.2, 0.25) is 0 Å². The van der Waals surface area contributed by atoms with Crippen molar-refractivity contribution in [3.8, 4) is 6.07 Å². The molecular weight excluding hydrogens is 220 g/mol. The van der Waals surface area contributed by atoms with Crippen LogP contribution < -0.4 is 5.32 Å². The zero-order chi connectivity index (χ0) is 12.8. The average Bonchev–Trinajstić information content (AvgIpc) is 2.42. The molecule has 1 aromatic carbocycles. The van der Waals surface area contributed by atoms with Gasteiger partial charge >= 0.3 is 0 Å². The van der Waals surface area contributed by atoms with Gasteiger partial charge in [0, 0.05) is 12.0 Å². The summed E-state index contributed by atoms with van der Waals surface area (Å²) >= 11 is 0. The molecule has 0 aliphatic heterocycles. The normalized spacial score (nSPS) is 23.6. The molecule has 2 nitrogen and oxygen atoms in total. The van der Waals surface area contributed by atoms with E-state index in [4.69, 9.17) is 5.26 Å². The Kier molecular flexibility index (Phi) is 4.78. The van der Waals surface area contributed by atoms with Crippen LogP contribution in [0.3, 0.4) is 0 Å². The summed E-state index contributed by atoms with van der Waals surface area (Å²) in [6, 6.07) is 11.6. The Balaban J connectivity index is 1.71. The Hall–Kier alpha value is -1.33. The first-order chi connectivity index (χ1) is 8.79. The van der Waals surface area contributed by atoms with Crippen molar-refractivity contribution in [2.75, 3.05) is 6.54 Å². The summed E-state index contributed by atoms with van der Waals surface area (Å²) in [7, 11) is 0. The lowest BCUT2D eigenvalue weighted by Crippen LogP contribution is -2.34. The summed E-state index contributed by atoms with van der Waals surface area (Å²) in [5, 5.41) is 12.5. The van der Waals surface area contributed by atoms with E-state index in [1.165, 1.54) is 11.1 Å². The molecule has 0 bridgehead atoms. The van der Waals surface area contributed by atoms with Gasteiger partial charge in [0.2, 0.25) is 0 Å². The first-order valence-corrected chi connectivity index (χ1v) is 6.97. The monoisotopic (exact) mass is 242 g/mol. The highest BCUT2D eigenvalue weighted by atomic mass is 14.9. The topological polar surface area (TPSA) is 35.8 Å². The second kappa shape index (κ2) is 6.56. The minimum Gasteiger partial charge on any atom is -0.314 e. The first kappa shape index (κ1) is 13.1. The van der Waals surface area contributed by atoms with Gasteiger partial charge in [-0.05, 0) is 56.7 Å². The molecule has 0 aromatic heterocycles. The standard InChI is InChI=1S/C16H22N2/c1-13-4-2-3-5-15(13)10-11-18-16-8-6-14(12-17)7-9-16/h2-5,14,16,18H,6-11H2,1H3. The Morgan fingerprint density at radius 3 is 2.61 bits per heavy atom. The quantitative estimate of drug-likeness (QED) is 0.880. The van der Waals surface area contributed by atoms with E-state index < -0.39 is 0 Å². The van der Waals surface area contributed by atoms with Crippen LogP contribution in [0.4, 0.5) is 0 Å². The predicted octanol–water partition coefficient (Wildman–Crippen LogP) is 3.21. The number of nitrogens with one attached hydrogen (secondary N) is 1. The van der Waals surface area contributed by atoms with Crippen LogP contribution in [0, 0.1) is 24.2 Å². The largest absolute Gasteiger partial charge is 0.314 e. The molecule has 0 unspecified atom stereocenters. The second-order valence-electron chi connectivity index (χ2n) is 5.31. The molecule has 1 aromatic rings. The molecule has 0 spiro atoms. The van der Waals surface area contributed by atoms with Crippen molar-refractivity contribution in [1.29, 1.82) is 5.26 Å². The van der Waals surface area contributed by atoms with Gasteiger partial charge < -0.3 is 5.32 Å². The van der Waals surface area contributed by atoms with E-state index in [2.05, 4.69) is 42.6 Å². The number of rotatable bonds is 4. The van der Waals surface area contributed by atoms with Gasteiger partial charge in [-0.3, -0.25) is 0 Å². The third kappa shape index (κ3) is 3.58. The summed E-state index contributed by atoms with van der Waals surface area (Å²) < 4.78 is 0. The highest BCUT2D eigenvalue weighted by molar-refractivity contribution is 5.25. The van der Waals surface area contributed by atoms with E-state index in [1.54, 1.807) is 0 Å². The summed E-state index contributed by atoms with van der Waals surface area (Å²) in [5.74, 6) is 0.305. The highest BCUT2D eigenvalue weighted by Crippen LogP contribution is 2.23. The molecule has 1 aliphatic carbocycles. The van der Waals surface area contributed by atoms with Gasteiger partial charge in [0.1, 0.15) is 0 Å². The fraction of sp³-hybridized carbons (Fsp3) is 0.562. The lowest BCUT2D eigenvalue weighted by Gasteiger charge is -2.25. The summed E-state index contributed by atoms with van der Waals surface area (Å²) in [6.45, 7) is 3.22. The average molecular weight is 242 g/mol. The third-order valence-corrected chi connectivity index (χ3v) is 4.00. The minimum atomic E-state index is 0.305. The number of hydrogen-bond acceptors (Lipinski definition) is 2. The first-order valence-electron chi connectivity index (χ1n) is 6.97. The molecule has 0 heterocycles. The van der Waals surface area contributed by atoms with Gasteiger partial charge in [0.15, 0.2) is 0 Å². The van der Waals surface area contributed by atoms with Crippen LogP contribution in [0.5, 0.6) is 0 Å². The molecule has 0 saturated heterocycles. The van der Waals surface area contributed by atoms with Crippen LogP contribution in [0.15, 0.2) is 24.3 Å². The van der Waals surface area contributed by atoms with Gasteiger partial charge in [-0.25, -0.2) is 0 Å². The van der Waals surface area contributed by atoms with Crippen LogP contribution in [-0.4, -0.2) is 12.6 Å². The summed E-state index contributed by atoms with van der Waals surface area (Å²) in [4.78, 5) is 0. The van der Waals surface area contributed by atoms with Gasteiger partial charge in [-0.1, -0.05) is 24.3 Å². The number of hydrogen-bond donors (Lipinski definition) is 1. The van der Waals surface area contributed by atoms with Crippen LogP contribution >= 0.6 is 0 Å². The van der Waals surface area contributed by atoms with Crippen molar-refractivity contribution in [2.45, 2.75) is 45.1 Å². The fourth-order valence-electron chi connectivity index (χ4n) is 2.73. The molecule has 1 saturated carbocycles. The molecule has 1 fully saturated rings. The van der Waals surface area contributed by atoms with E-state index in [0.717, 1.165) is 38.6 Å². The maximum absolute atomic E-state index is 8.86. The second-order valence-corrected chi connectivity index (χ2v) is 5.31. The van der Waals surface area contributed by atoms with Gasteiger partial charge in [0.05, 0.1) is 6.07 Å². The third-order valence-electron chi connectivity index (χ3n) is 4.00. The Morgan fingerprint density at radius 1 is 1.22 bits per heavy atom. The van der Waals surface area contributed by atoms with E-state index in [-0.39, 0.29) is 0 Å². The lowest BCUT2D eigenvalue weighted by molar-refractivity contribution is 0.334. The van der Waals surface area contributed by atoms with Crippen molar-refractivity contribution < 1.29 is 0 Å². The zero-order valence-electron chi connectivity index (χ0n) is 11.2. The molecule has 2 heteroatoms. The van der Waals surface area contributed by atoms with Crippen LogP contribution in [0.25, 0.3) is 0 Å². The molecule has 96 valence electrons. The lowest BCUT2D eigenvalue weighted by atomic mass is 9.87. The van der Waals surface area contributed by atoms with Crippen molar-refractivity contribution in [3.05, 3.63) is 35.4 Å². The maximum Gasteiger partial charge on any atom is 0.0655 e. The van der Waals surface area contributed by atoms with Gasteiger partial charge in [0.25, 0.3) is 0 Å². The van der Waals surface area contributed by atoms with Gasteiger partial charge in [-0.2, -0.15) is 5.26 Å². The molecule has 2 rings (SSSR count). The number of nitriles is 1. The zero-order valence-corrected chi connectivity index (χ0v) is 11.2. The Morgan fingerprint density at radius 2 is 1.94 bits per heavy atom. The minimum absolute atomic E-state index is 0.305. The smallest absolute Gasteiger partial charge is 0.0655 e. The molecule has 0 atom stereocenters. The molecular formula is C16H22N2. The maximum atomic E-state index is 8.86. The van der Waals surface area contributed by atoms with Crippen molar-refractivity contribution in [3.63, 3.8) is 0 Å². The number of nitrogens with zero attached hydrogens (tertiary/aromatic N) is 1. The summed E-state index contributed by atoms with van der Waals surface area (Å²) in [5.41, 5.74) is 2.82.